The van der Waals surface area contributed by atoms with Crippen molar-refractivity contribution < 1.29 is 9.59 Å². The zero-order valence-electron chi connectivity index (χ0n) is 15.3. The lowest BCUT2D eigenvalue weighted by Crippen LogP contribution is -2.27. The number of amides is 1. The lowest BCUT2D eigenvalue weighted by Gasteiger charge is -2.17. The van der Waals surface area contributed by atoms with Gasteiger partial charge in [0.05, 0.1) is 5.75 Å². The summed E-state index contributed by atoms with van der Waals surface area (Å²) < 4.78 is 1.98. The number of hydrogen-bond donors (Lipinski definition) is 1. The smallest absolute Gasteiger partial charge is 0.229 e. The van der Waals surface area contributed by atoms with Gasteiger partial charge in [-0.1, -0.05) is 32.5 Å². The molecular weight excluding hydrogens is 336 g/mol. The highest BCUT2D eigenvalue weighted by molar-refractivity contribution is 7.99. The van der Waals surface area contributed by atoms with Crippen molar-refractivity contribution in [3.8, 4) is 0 Å². The molecule has 0 radical (unpaired) electrons. The Balaban J connectivity index is 1.97. The van der Waals surface area contributed by atoms with E-state index in [1.54, 1.807) is 24.3 Å². The zero-order chi connectivity index (χ0) is 18.6. The minimum atomic E-state index is -0.460. The van der Waals surface area contributed by atoms with Crippen LogP contribution in [0.5, 0.6) is 0 Å². The standard InChI is InChI=1S/C18H24N4O2S/c1-6-22-12(2)20-21-17(22)25-11-15(23)13-7-9-14(10-8-13)19-16(24)18(3,4)5/h7-10H,6,11H2,1-5H3,(H,19,24). The van der Waals surface area contributed by atoms with E-state index in [0.29, 0.717) is 17.0 Å². The number of hydrogen-bond acceptors (Lipinski definition) is 5. The molecule has 2 aromatic rings. The number of aryl methyl sites for hydroxylation is 1. The third kappa shape index (κ3) is 4.92. The monoisotopic (exact) mass is 360 g/mol. The van der Waals surface area contributed by atoms with Gasteiger partial charge < -0.3 is 9.88 Å². The van der Waals surface area contributed by atoms with Crippen LogP contribution < -0.4 is 5.32 Å². The van der Waals surface area contributed by atoms with Crippen LogP contribution in [0, 0.1) is 12.3 Å². The van der Waals surface area contributed by atoms with Crippen molar-refractivity contribution in [2.45, 2.75) is 46.3 Å². The van der Waals surface area contributed by atoms with Crippen molar-refractivity contribution in [2.24, 2.45) is 5.41 Å². The fourth-order valence-corrected chi connectivity index (χ4v) is 3.05. The zero-order valence-corrected chi connectivity index (χ0v) is 16.1. The van der Waals surface area contributed by atoms with Gasteiger partial charge in [-0.05, 0) is 38.1 Å². The van der Waals surface area contributed by atoms with Crippen molar-refractivity contribution in [1.82, 2.24) is 14.8 Å². The molecule has 1 aromatic carbocycles. The van der Waals surface area contributed by atoms with Gasteiger partial charge in [0.25, 0.3) is 0 Å². The van der Waals surface area contributed by atoms with Crippen molar-refractivity contribution in [3.05, 3.63) is 35.7 Å². The molecule has 0 aliphatic carbocycles. The Hall–Kier alpha value is -2.15. The van der Waals surface area contributed by atoms with Crippen LogP contribution in [0.15, 0.2) is 29.4 Å². The minimum Gasteiger partial charge on any atom is -0.326 e. The highest BCUT2D eigenvalue weighted by Crippen LogP contribution is 2.20. The van der Waals surface area contributed by atoms with E-state index in [-0.39, 0.29) is 11.7 Å². The van der Waals surface area contributed by atoms with Crippen LogP contribution in [0.2, 0.25) is 0 Å². The lowest BCUT2D eigenvalue weighted by molar-refractivity contribution is -0.123. The van der Waals surface area contributed by atoms with Crippen molar-refractivity contribution in [1.29, 1.82) is 0 Å². The third-order valence-electron chi connectivity index (χ3n) is 3.70. The van der Waals surface area contributed by atoms with Gasteiger partial charge in [0.15, 0.2) is 10.9 Å². The number of thioether (sulfide) groups is 1. The third-order valence-corrected chi connectivity index (χ3v) is 4.66. The number of carbonyl (C=O) groups is 2. The summed E-state index contributed by atoms with van der Waals surface area (Å²) >= 11 is 1.38. The highest BCUT2D eigenvalue weighted by Gasteiger charge is 2.21. The number of anilines is 1. The van der Waals surface area contributed by atoms with E-state index in [0.717, 1.165) is 17.5 Å². The number of carbonyl (C=O) groups excluding carboxylic acids is 2. The minimum absolute atomic E-state index is 0.0157. The van der Waals surface area contributed by atoms with Crippen LogP contribution in [0.25, 0.3) is 0 Å². The van der Waals surface area contributed by atoms with Crippen LogP contribution in [0.1, 0.15) is 43.9 Å². The molecule has 0 saturated carbocycles. The molecule has 0 spiro atoms. The fraction of sp³-hybridized carbons (Fsp3) is 0.444. The normalized spacial score (nSPS) is 11.4. The molecule has 0 aliphatic rings. The van der Waals surface area contributed by atoms with Crippen molar-refractivity contribution in [3.63, 3.8) is 0 Å². The predicted molar refractivity (Wildman–Crippen MR) is 100 cm³/mol. The Bertz CT molecular complexity index is 760. The Morgan fingerprint density at radius 3 is 2.36 bits per heavy atom. The number of aromatic nitrogens is 3. The second-order valence-electron chi connectivity index (χ2n) is 6.77. The molecule has 1 N–H and O–H groups in total. The van der Waals surface area contributed by atoms with Gasteiger partial charge in [-0.3, -0.25) is 9.59 Å². The first kappa shape index (κ1) is 19.2. The first-order valence-electron chi connectivity index (χ1n) is 8.19. The van der Waals surface area contributed by atoms with E-state index in [1.807, 2.05) is 39.2 Å². The van der Waals surface area contributed by atoms with E-state index in [4.69, 9.17) is 0 Å². The molecule has 25 heavy (non-hydrogen) atoms. The van der Waals surface area contributed by atoms with Crippen LogP contribution in [-0.2, 0) is 11.3 Å². The number of Topliss-reactive ketones (excluding diaryl/α,β-unsaturated/α-hetero) is 1. The molecular formula is C18H24N4O2S. The van der Waals surface area contributed by atoms with Gasteiger partial charge in [0, 0.05) is 23.2 Å². The van der Waals surface area contributed by atoms with Gasteiger partial charge in [0.1, 0.15) is 5.82 Å². The molecule has 0 unspecified atom stereocenters. The van der Waals surface area contributed by atoms with E-state index in [9.17, 15) is 9.59 Å². The maximum Gasteiger partial charge on any atom is 0.229 e. The quantitative estimate of drug-likeness (QED) is 0.629. The SMILES string of the molecule is CCn1c(C)nnc1SCC(=O)c1ccc(NC(=O)C(C)(C)C)cc1. The van der Waals surface area contributed by atoms with E-state index in [2.05, 4.69) is 15.5 Å². The Morgan fingerprint density at radius 1 is 1.16 bits per heavy atom. The molecule has 1 aromatic heterocycles. The van der Waals surface area contributed by atoms with Gasteiger partial charge in [-0.15, -0.1) is 10.2 Å². The summed E-state index contributed by atoms with van der Waals surface area (Å²) in [7, 11) is 0. The summed E-state index contributed by atoms with van der Waals surface area (Å²) in [6, 6.07) is 6.97. The second kappa shape index (κ2) is 7.82. The molecule has 6 nitrogen and oxygen atoms in total. The van der Waals surface area contributed by atoms with Gasteiger partial charge in [0.2, 0.25) is 5.91 Å². The summed E-state index contributed by atoms with van der Waals surface area (Å²) in [6.45, 7) is 10.3. The van der Waals surface area contributed by atoms with Gasteiger partial charge >= 0.3 is 0 Å². The first-order valence-corrected chi connectivity index (χ1v) is 9.18. The number of rotatable bonds is 6. The Kier molecular flexibility index (Phi) is 6.00. The fourth-order valence-electron chi connectivity index (χ4n) is 2.10. The van der Waals surface area contributed by atoms with Gasteiger partial charge in [-0.2, -0.15) is 0 Å². The van der Waals surface area contributed by atoms with E-state index in [1.165, 1.54) is 11.8 Å². The summed E-state index contributed by atoms with van der Waals surface area (Å²) in [6.07, 6.45) is 0. The lowest BCUT2D eigenvalue weighted by atomic mass is 9.95. The molecule has 0 saturated heterocycles. The number of nitrogens with one attached hydrogen (secondary N) is 1. The summed E-state index contributed by atoms with van der Waals surface area (Å²) in [5.41, 5.74) is 0.837. The van der Waals surface area contributed by atoms with E-state index >= 15 is 0 Å². The summed E-state index contributed by atoms with van der Waals surface area (Å²) in [4.78, 5) is 24.3. The summed E-state index contributed by atoms with van der Waals surface area (Å²) in [5, 5.41) is 11.7. The van der Waals surface area contributed by atoms with E-state index < -0.39 is 5.41 Å². The molecule has 2 rings (SSSR count). The van der Waals surface area contributed by atoms with Crippen molar-refractivity contribution in [2.75, 3.05) is 11.1 Å². The topological polar surface area (TPSA) is 76.9 Å². The average molecular weight is 360 g/mol. The van der Waals surface area contributed by atoms with Crippen LogP contribution in [-0.4, -0.2) is 32.2 Å². The largest absolute Gasteiger partial charge is 0.326 e. The number of benzene rings is 1. The first-order chi connectivity index (χ1) is 11.7. The van der Waals surface area contributed by atoms with Crippen LogP contribution in [0.3, 0.4) is 0 Å². The predicted octanol–water partition coefficient (Wildman–Crippen LogP) is 3.57. The molecule has 0 fully saturated rings. The highest BCUT2D eigenvalue weighted by atomic mass is 32.2. The molecule has 7 heteroatoms. The van der Waals surface area contributed by atoms with Crippen molar-refractivity contribution >= 4 is 29.1 Å². The maximum atomic E-state index is 12.4. The molecule has 134 valence electrons. The van der Waals surface area contributed by atoms with Crippen LogP contribution >= 0.6 is 11.8 Å². The molecule has 1 heterocycles. The van der Waals surface area contributed by atoms with Gasteiger partial charge in [-0.25, -0.2) is 0 Å². The average Bonchev–Trinajstić information content (AvgIpc) is 2.92. The summed E-state index contributed by atoms with van der Waals surface area (Å²) in [5.74, 6) is 1.10. The number of nitrogens with zero attached hydrogens (tertiary/aromatic N) is 3. The Morgan fingerprint density at radius 2 is 1.80 bits per heavy atom. The number of ketones is 1. The molecule has 0 aliphatic heterocycles. The Labute approximate surface area is 152 Å². The molecule has 1 amide bonds. The van der Waals surface area contributed by atoms with Crippen LogP contribution in [0.4, 0.5) is 5.69 Å². The molecule has 0 bridgehead atoms. The molecule has 0 atom stereocenters. The maximum absolute atomic E-state index is 12.4. The second-order valence-corrected chi connectivity index (χ2v) is 7.71.